The van der Waals surface area contributed by atoms with Gasteiger partial charge in [-0.2, -0.15) is 0 Å². The molecule has 2 rings (SSSR count). The van der Waals surface area contributed by atoms with Gasteiger partial charge in [-0.3, -0.25) is 0 Å². The van der Waals surface area contributed by atoms with E-state index in [9.17, 15) is 0 Å². The first-order valence-electron chi connectivity index (χ1n) is 4.42. The van der Waals surface area contributed by atoms with Gasteiger partial charge in [0, 0.05) is 6.20 Å². The summed E-state index contributed by atoms with van der Waals surface area (Å²) < 4.78 is 2.10. The van der Waals surface area contributed by atoms with Crippen molar-refractivity contribution in [1.29, 1.82) is 0 Å². The highest BCUT2D eigenvalue weighted by atomic mass is 15.1. The molecule has 0 aromatic carbocycles. The fourth-order valence-electron chi connectivity index (χ4n) is 1.41. The molecule has 0 spiro atoms. The molecule has 13 heavy (non-hydrogen) atoms. The van der Waals surface area contributed by atoms with E-state index in [4.69, 9.17) is 0 Å². The Balaban J connectivity index is 2.57. The minimum Gasteiger partial charge on any atom is -0.311 e. The van der Waals surface area contributed by atoms with Crippen LogP contribution in [0.15, 0.2) is 30.6 Å². The quantitative estimate of drug-likeness (QED) is 0.751. The van der Waals surface area contributed by atoms with Crippen molar-refractivity contribution in [2.45, 2.75) is 13.0 Å². The van der Waals surface area contributed by atoms with Crippen LogP contribution in [0.1, 0.15) is 18.8 Å². The standard InChI is InChI=1S/C10H13N3/c1-8(11-2)10-12-7-9-5-3-4-6-13(9)10/h3-8,11H,1-2H3. The molecule has 2 heterocycles. The van der Waals surface area contributed by atoms with Crippen LogP contribution in [-0.2, 0) is 0 Å². The Hall–Kier alpha value is -1.35. The Labute approximate surface area is 77.4 Å². The van der Waals surface area contributed by atoms with E-state index in [1.165, 1.54) is 0 Å². The van der Waals surface area contributed by atoms with E-state index in [0.717, 1.165) is 11.3 Å². The van der Waals surface area contributed by atoms with E-state index < -0.39 is 0 Å². The van der Waals surface area contributed by atoms with Crippen molar-refractivity contribution in [1.82, 2.24) is 14.7 Å². The van der Waals surface area contributed by atoms with Gasteiger partial charge < -0.3 is 9.72 Å². The van der Waals surface area contributed by atoms with Crippen LogP contribution in [0.3, 0.4) is 0 Å². The first-order valence-corrected chi connectivity index (χ1v) is 4.42. The molecule has 1 unspecified atom stereocenters. The molecule has 1 atom stereocenters. The summed E-state index contributed by atoms with van der Waals surface area (Å²) in [4.78, 5) is 4.37. The van der Waals surface area contributed by atoms with Gasteiger partial charge in [0.2, 0.25) is 0 Å². The zero-order valence-electron chi connectivity index (χ0n) is 7.86. The minimum absolute atomic E-state index is 0.282. The molecule has 0 amide bonds. The maximum Gasteiger partial charge on any atom is 0.130 e. The second-order valence-electron chi connectivity index (χ2n) is 3.12. The Kier molecular flexibility index (Phi) is 2.02. The summed E-state index contributed by atoms with van der Waals surface area (Å²) in [5, 5.41) is 3.18. The minimum atomic E-state index is 0.282. The zero-order chi connectivity index (χ0) is 9.26. The molecule has 0 fully saturated rings. The predicted octanol–water partition coefficient (Wildman–Crippen LogP) is 1.61. The number of rotatable bonds is 2. The summed E-state index contributed by atoms with van der Waals surface area (Å²) in [6.07, 6.45) is 3.93. The average molecular weight is 175 g/mol. The lowest BCUT2D eigenvalue weighted by Gasteiger charge is -2.08. The van der Waals surface area contributed by atoms with Crippen LogP contribution in [0, 0.1) is 0 Å². The van der Waals surface area contributed by atoms with Gasteiger partial charge in [-0.15, -0.1) is 0 Å². The van der Waals surface area contributed by atoms with Gasteiger partial charge in [0.1, 0.15) is 5.82 Å². The molecule has 68 valence electrons. The number of hydrogen-bond acceptors (Lipinski definition) is 2. The van der Waals surface area contributed by atoms with Crippen molar-refractivity contribution >= 4 is 5.52 Å². The molecule has 0 aliphatic heterocycles. The normalized spacial score (nSPS) is 13.4. The molecule has 3 nitrogen and oxygen atoms in total. The SMILES string of the molecule is CNC(C)c1ncc2ccccn12. The molecule has 3 heteroatoms. The van der Waals surface area contributed by atoms with Crippen molar-refractivity contribution in [3.05, 3.63) is 36.4 Å². The summed E-state index contributed by atoms with van der Waals surface area (Å²) in [5.41, 5.74) is 1.14. The Bertz CT molecular complexity index is 405. The third-order valence-electron chi connectivity index (χ3n) is 2.29. The van der Waals surface area contributed by atoms with E-state index in [1.54, 1.807) is 0 Å². The van der Waals surface area contributed by atoms with Gasteiger partial charge in [0.25, 0.3) is 0 Å². The van der Waals surface area contributed by atoms with E-state index in [2.05, 4.69) is 27.7 Å². The fourth-order valence-corrected chi connectivity index (χ4v) is 1.41. The van der Waals surface area contributed by atoms with Gasteiger partial charge in [0.15, 0.2) is 0 Å². The molecular formula is C10H13N3. The second-order valence-corrected chi connectivity index (χ2v) is 3.12. The highest BCUT2D eigenvalue weighted by Gasteiger charge is 2.08. The molecule has 0 aliphatic carbocycles. The second kappa shape index (κ2) is 3.18. The van der Waals surface area contributed by atoms with Crippen molar-refractivity contribution in [2.24, 2.45) is 0 Å². The van der Waals surface area contributed by atoms with Crippen molar-refractivity contribution in [3.63, 3.8) is 0 Å². The zero-order valence-corrected chi connectivity index (χ0v) is 7.86. The molecule has 2 aromatic heterocycles. The number of hydrogen-bond donors (Lipinski definition) is 1. The summed E-state index contributed by atoms with van der Waals surface area (Å²) in [6.45, 7) is 2.10. The molecule has 2 aromatic rings. The van der Waals surface area contributed by atoms with Crippen molar-refractivity contribution < 1.29 is 0 Å². The summed E-state index contributed by atoms with van der Waals surface area (Å²) in [7, 11) is 1.94. The van der Waals surface area contributed by atoms with Gasteiger partial charge >= 0.3 is 0 Å². The summed E-state index contributed by atoms with van der Waals surface area (Å²) in [6, 6.07) is 6.37. The van der Waals surface area contributed by atoms with Gasteiger partial charge in [-0.1, -0.05) is 6.07 Å². The number of nitrogens with one attached hydrogen (secondary N) is 1. The molecule has 0 saturated carbocycles. The first-order chi connectivity index (χ1) is 6.33. The largest absolute Gasteiger partial charge is 0.311 e. The average Bonchev–Trinajstić information content (AvgIpc) is 2.60. The van der Waals surface area contributed by atoms with E-state index in [0.29, 0.717) is 0 Å². The third kappa shape index (κ3) is 1.31. The van der Waals surface area contributed by atoms with E-state index in [1.807, 2.05) is 31.6 Å². The summed E-state index contributed by atoms with van der Waals surface area (Å²) in [5.74, 6) is 1.05. The molecule has 0 radical (unpaired) electrons. The smallest absolute Gasteiger partial charge is 0.130 e. The lowest BCUT2D eigenvalue weighted by Crippen LogP contribution is -2.15. The Morgan fingerprint density at radius 1 is 1.46 bits per heavy atom. The molecule has 1 N–H and O–H groups in total. The van der Waals surface area contributed by atoms with Gasteiger partial charge in [-0.25, -0.2) is 4.98 Å². The number of imidazole rings is 1. The van der Waals surface area contributed by atoms with E-state index in [-0.39, 0.29) is 6.04 Å². The number of pyridine rings is 1. The third-order valence-corrected chi connectivity index (χ3v) is 2.29. The highest BCUT2D eigenvalue weighted by molar-refractivity contribution is 5.45. The molecule has 0 bridgehead atoms. The van der Waals surface area contributed by atoms with Crippen LogP contribution < -0.4 is 5.32 Å². The number of fused-ring (bicyclic) bond motifs is 1. The Morgan fingerprint density at radius 3 is 3.08 bits per heavy atom. The van der Waals surface area contributed by atoms with Crippen molar-refractivity contribution in [2.75, 3.05) is 7.05 Å². The maximum absolute atomic E-state index is 4.37. The van der Waals surface area contributed by atoms with Gasteiger partial charge in [-0.05, 0) is 26.1 Å². The van der Waals surface area contributed by atoms with Crippen LogP contribution >= 0.6 is 0 Å². The molecule has 0 aliphatic rings. The van der Waals surface area contributed by atoms with Crippen LogP contribution in [0.4, 0.5) is 0 Å². The molecular weight excluding hydrogens is 162 g/mol. The fraction of sp³-hybridized carbons (Fsp3) is 0.300. The van der Waals surface area contributed by atoms with Gasteiger partial charge in [0.05, 0.1) is 17.8 Å². The lowest BCUT2D eigenvalue weighted by molar-refractivity contribution is 0.608. The van der Waals surface area contributed by atoms with Crippen LogP contribution in [-0.4, -0.2) is 16.4 Å². The maximum atomic E-state index is 4.37. The highest BCUT2D eigenvalue weighted by Crippen LogP contribution is 2.12. The number of nitrogens with zero attached hydrogens (tertiary/aromatic N) is 2. The van der Waals surface area contributed by atoms with E-state index >= 15 is 0 Å². The number of aromatic nitrogens is 2. The lowest BCUT2D eigenvalue weighted by atomic mass is 10.3. The predicted molar refractivity (Wildman–Crippen MR) is 52.7 cm³/mol. The topological polar surface area (TPSA) is 29.3 Å². The monoisotopic (exact) mass is 175 g/mol. The first kappa shape index (κ1) is 8.26. The van der Waals surface area contributed by atoms with Crippen molar-refractivity contribution in [3.8, 4) is 0 Å². The summed E-state index contributed by atoms with van der Waals surface area (Å²) >= 11 is 0. The molecule has 0 saturated heterocycles. The van der Waals surface area contributed by atoms with Crippen LogP contribution in [0.2, 0.25) is 0 Å². The Morgan fingerprint density at radius 2 is 2.31 bits per heavy atom. The van der Waals surface area contributed by atoms with Crippen LogP contribution in [0.5, 0.6) is 0 Å². The van der Waals surface area contributed by atoms with Crippen LogP contribution in [0.25, 0.3) is 5.52 Å².